The van der Waals surface area contributed by atoms with Gasteiger partial charge in [-0.1, -0.05) is 0 Å². The van der Waals surface area contributed by atoms with E-state index >= 15 is 0 Å². The molecule has 1 saturated carbocycles. The Morgan fingerprint density at radius 3 is 2.50 bits per heavy atom. The first-order chi connectivity index (χ1) is 8.39. The van der Waals surface area contributed by atoms with Gasteiger partial charge in [0.1, 0.15) is 5.82 Å². The Labute approximate surface area is 102 Å². The van der Waals surface area contributed by atoms with E-state index in [0.717, 1.165) is 12.3 Å². The van der Waals surface area contributed by atoms with Crippen LogP contribution in [0.5, 0.6) is 0 Å². The van der Waals surface area contributed by atoms with Gasteiger partial charge >= 0.3 is 5.97 Å². The molecule has 98 valence electrons. The van der Waals surface area contributed by atoms with E-state index in [4.69, 9.17) is 5.11 Å². The topological polar surface area (TPSA) is 50.2 Å². The van der Waals surface area contributed by atoms with Crippen LogP contribution < -0.4 is 0 Å². The number of carboxylic acid groups (broad SMARTS) is 1. The van der Waals surface area contributed by atoms with Crippen LogP contribution in [0.4, 0.5) is 13.2 Å². The fourth-order valence-corrected chi connectivity index (χ4v) is 2.18. The van der Waals surface area contributed by atoms with Crippen molar-refractivity contribution in [3.8, 4) is 0 Å². The van der Waals surface area contributed by atoms with Gasteiger partial charge in [0.05, 0.1) is 11.3 Å². The molecule has 0 spiro atoms. The zero-order chi connectivity index (χ0) is 13.3. The smallest absolute Gasteiger partial charge is 0.337 e. The SMILES string of the molecule is O=C(O)c1cnc(C2CCC(F)(F)CC2)c(F)c1. The van der Waals surface area contributed by atoms with Crippen molar-refractivity contribution >= 4 is 5.97 Å². The molecule has 1 fully saturated rings. The minimum atomic E-state index is -2.67. The van der Waals surface area contributed by atoms with Crippen molar-refractivity contribution in [1.29, 1.82) is 0 Å². The third-order valence-electron chi connectivity index (χ3n) is 3.22. The molecular weight excluding hydrogens is 247 g/mol. The lowest BCUT2D eigenvalue weighted by Gasteiger charge is -2.27. The summed E-state index contributed by atoms with van der Waals surface area (Å²) in [5.74, 6) is -5.02. The normalized spacial score (nSPS) is 19.7. The molecule has 0 unspecified atom stereocenters. The predicted molar refractivity (Wildman–Crippen MR) is 57.3 cm³/mol. The third-order valence-corrected chi connectivity index (χ3v) is 3.22. The van der Waals surface area contributed by atoms with E-state index in [2.05, 4.69) is 4.98 Å². The molecule has 6 heteroatoms. The number of rotatable bonds is 2. The van der Waals surface area contributed by atoms with Crippen molar-refractivity contribution in [2.75, 3.05) is 0 Å². The summed E-state index contributed by atoms with van der Waals surface area (Å²) in [5, 5.41) is 8.67. The zero-order valence-corrected chi connectivity index (χ0v) is 9.50. The lowest BCUT2D eigenvalue weighted by Crippen LogP contribution is -2.24. The van der Waals surface area contributed by atoms with Gasteiger partial charge in [-0.15, -0.1) is 0 Å². The first kappa shape index (κ1) is 12.9. The Hall–Kier alpha value is -1.59. The fourth-order valence-electron chi connectivity index (χ4n) is 2.18. The largest absolute Gasteiger partial charge is 0.478 e. The van der Waals surface area contributed by atoms with Gasteiger partial charge in [-0.25, -0.2) is 18.0 Å². The Morgan fingerprint density at radius 1 is 1.39 bits per heavy atom. The Morgan fingerprint density at radius 2 is 2.00 bits per heavy atom. The van der Waals surface area contributed by atoms with Gasteiger partial charge in [0.2, 0.25) is 5.92 Å². The molecule has 0 radical (unpaired) electrons. The molecule has 1 N–H and O–H groups in total. The van der Waals surface area contributed by atoms with E-state index in [9.17, 15) is 18.0 Å². The van der Waals surface area contributed by atoms with Crippen LogP contribution in [-0.4, -0.2) is 22.0 Å². The molecule has 18 heavy (non-hydrogen) atoms. The summed E-state index contributed by atoms with van der Waals surface area (Å²) in [5.41, 5.74) is -0.145. The van der Waals surface area contributed by atoms with Crippen molar-refractivity contribution < 1.29 is 23.1 Å². The average Bonchev–Trinajstić information content (AvgIpc) is 2.29. The number of nitrogens with zero attached hydrogens (tertiary/aromatic N) is 1. The fraction of sp³-hybridized carbons (Fsp3) is 0.500. The molecule has 0 amide bonds. The van der Waals surface area contributed by atoms with E-state index in [-0.39, 0.29) is 42.9 Å². The number of aromatic carboxylic acids is 1. The minimum Gasteiger partial charge on any atom is -0.478 e. The Balaban J connectivity index is 2.17. The zero-order valence-electron chi connectivity index (χ0n) is 9.50. The summed E-state index contributed by atoms with van der Waals surface area (Å²) in [6.45, 7) is 0. The monoisotopic (exact) mass is 259 g/mol. The Kier molecular flexibility index (Phi) is 3.28. The standard InChI is InChI=1S/C12H12F3NO2/c13-9-5-8(11(17)18)6-16-10(9)7-1-3-12(14,15)4-2-7/h5-7H,1-4H2,(H,17,18). The quantitative estimate of drug-likeness (QED) is 0.887. The highest BCUT2D eigenvalue weighted by Gasteiger charge is 2.36. The predicted octanol–water partition coefficient (Wildman–Crippen LogP) is 3.21. The molecule has 0 aliphatic heterocycles. The summed E-state index contributed by atoms with van der Waals surface area (Å²) < 4.78 is 39.6. The van der Waals surface area contributed by atoms with E-state index in [1.807, 2.05) is 0 Å². The highest BCUT2D eigenvalue weighted by atomic mass is 19.3. The molecule has 2 rings (SSSR count). The number of alkyl halides is 2. The second-order valence-corrected chi connectivity index (χ2v) is 4.53. The number of aromatic nitrogens is 1. The highest BCUT2D eigenvalue weighted by Crippen LogP contribution is 2.40. The maximum absolute atomic E-state index is 13.7. The maximum Gasteiger partial charge on any atom is 0.337 e. The highest BCUT2D eigenvalue weighted by molar-refractivity contribution is 5.87. The number of carboxylic acids is 1. The van der Waals surface area contributed by atoms with Gasteiger partial charge in [0.15, 0.2) is 0 Å². The van der Waals surface area contributed by atoms with Crippen LogP contribution in [0, 0.1) is 5.82 Å². The molecule has 1 aromatic rings. The van der Waals surface area contributed by atoms with Crippen molar-refractivity contribution in [3.05, 3.63) is 29.3 Å². The summed E-state index contributed by atoms with van der Waals surface area (Å²) in [4.78, 5) is 14.4. The number of hydrogen-bond acceptors (Lipinski definition) is 2. The van der Waals surface area contributed by atoms with E-state index in [1.54, 1.807) is 0 Å². The van der Waals surface area contributed by atoms with E-state index < -0.39 is 17.7 Å². The Bertz CT molecular complexity index is 466. The molecular formula is C12H12F3NO2. The summed E-state index contributed by atoms with van der Waals surface area (Å²) in [7, 11) is 0. The summed E-state index contributed by atoms with van der Waals surface area (Å²) in [6.07, 6.45) is 0.846. The number of halogens is 3. The molecule has 0 aromatic carbocycles. The van der Waals surface area contributed by atoms with Crippen LogP contribution in [0.1, 0.15) is 47.7 Å². The molecule has 1 heterocycles. The van der Waals surface area contributed by atoms with Crippen LogP contribution in [0.15, 0.2) is 12.3 Å². The van der Waals surface area contributed by atoms with Gasteiger partial charge in [0, 0.05) is 25.0 Å². The van der Waals surface area contributed by atoms with Gasteiger partial charge in [-0.3, -0.25) is 4.98 Å². The van der Waals surface area contributed by atoms with Gasteiger partial charge in [0.25, 0.3) is 0 Å². The van der Waals surface area contributed by atoms with Crippen LogP contribution in [0.2, 0.25) is 0 Å². The maximum atomic E-state index is 13.7. The van der Waals surface area contributed by atoms with Crippen molar-refractivity contribution in [2.45, 2.75) is 37.5 Å². The number of carbonyl (C=O) groups is 1. The number of pyridine rings is 1. The van der Waals surface area contributed by atoms with Crippen LogP contribution in [-0.2, 0) is 0 Å². The minimum absolute atomic E-state index is 0.0931. The molecule has 1 aromatic heterocycles. The second kappa shape index (κ2) is 4.59. The second-order valence-electron chi connectivity index (χ2n) is 4.53. The summed E-state index contributed by atoms with van der Waals surface area (Å²) >= 11 is 0. The molecule has 0 saturated heterocycles. The van der Waals surface area contributed by atoms with Crippen LogP contribution >= 0.6 is 0 Å². The van der Waals surface area contributed by atoms with Gasteiger partial charge < -0.3 is 5.11 Å². The molecule has 0 bridgehead atoms. The van der Waals surface area contributed by atoms with Crippen LogP contribution in [0.3, 0.4) is 0 Å². The van der Waals surface area contributed by atoms with E-state index in [0.29, 0.717) is 0 Å². The van der Waals surface area contributed by atoms with Gasteiger partial charge in [-0.2, -0.15) is 0 Å². The van der Waals surface area contributed by atoms with Crippen LogP contribution in [0.25, 0.3) is 0 Å². The first-order valence-electron chi connectivity index (χ1n) is 5.65. The summed E-state index contributed by atoms with van der Waals surface area (Å²) in [6, 6.07) is 0.886. The van der Waals surface area contributed by atoms with Gasteiger partial charge in [-0.05, 0) is 18.9 Å². The number of hydrogen-bond donors (Lipinski definition) is 1. The molecule has 0 atom stereocenters. The molecule has 3 nitrogen and oxygen atoms in total. The lowest BCUT2D eigenvalue weighted by molar-refractivity contribution is -0.0387. The van der Waals surface area contributed by atoms with E-state index in [1.165, 1.54) is 0 Å². The van der Waals surface area contributed by atoms with Crippen molar-refractivity contribution in [3.63, 3.8) is 0 Å². The lowest BCUT2D eigenvalue weighted by atomic mass is 9.84. The molecule has 1 aliphatic carbocycles. The molecule has 1 aliphatic rings. The van der Waals surface area contributed by atoms with Crippen molar-refractivity contribution in [1.82, 2.24) is 4.98 Å². The average molecular weight is 259 g/mol. The first-order valence-corrected chi connectivity index (χ1v) is 5.65. The third kappa shape index (κ3) is 2.63. The van der Waals surface area contributed by atoms with Crippen molar-refractivity contribution in [2.24, 2.45) is 0 Å².